The Balaban J connectivity index is 2.21. The van der Waals surface area contributed by atoms with Gasteiger partial charge in [-0.25, -0.2) is 0 Å². The maximum absolute atomic E-state index is 6.20. The van der Waals surface area contributed by atoms with Crippen LogP contribution in [0.15, 0.2) is 22.7 Å². The molecule has 1 aliphatic rings. The van der Waals surface area contributed by atoms with Gasteiger partial charge in [-0.05, 0) is 31.0 Å². The molecule has 2 nitrogen and oxygen atoms in total. The van der Waals surface area contributed by atoms with E-state index in [1.807, 2.05) is 18.2 Å². The van der Waals surface area contributed by atoms with Gasteiger partial charge in [0.15, 0.2) is 0 Å². The number of benzene rings is 1. The quantitative estimate of drug-likeness (QED) is 0.861. The van der Waals surface area contributed by atoms with E-state index in [-0.39, 0.29) is 6.04 Å². The highest BCUT2D eigenvalue weighted by molar-refractivity contribution is 9.10. The normalized spacial score (nSPS) is 21.8. The average Bonchev–Trinajstić information content (AvgIpc) is 2.17. The van der Waals surface area contributed by atoms with Crippen molar-refractivity contribution in [2.45, 2.75) is 18.9 Å². The molecule has 1 unspecified atom stereocenters. The van der Waals surface area contributed by atoms with Crippen molar-refractivity contribution in [2.75, 3.05) is 18.0 Å². The van der Waals surface area contributed by atoms with Gasteiger partial charge < -0.3 is 10.6 Å². The standard InChI is InChI=1S/C11H14BrClN2/c12-8-3-4-11(10(13)6-8)15-5-1-2-9(14)7-15/h3-4,6,9H,1-2,5,7,14H2. The predicted molar refractivity (Wildman–Crippen MR) is 68.6 cm³/mol. The Hall–Kier alpha value is -0.250. The summed E-state index contributed by atoms with van der Waals surface area (Å²) in [4.78, 5) is 2.27. The molecule has 0 aromatic heterocycles. The van der Waals surface area contributed by atoms with Gasteiger partial charge in [0.25, 0.3) is 0 Å². The highest BCUT2D eigenvalue weighted by Gasteiger charge is 2.18. The van der Waals surface area contributed by atoms with E-state index in [1.54, 1.807) is 0 Å². The van der Waals surface area contributed by atoms with Gasteiger partial charge in [-0.2, -0.15) is 0 Å². The third-order valence-corrected chi connectivity index (χ3v) is 3.50. The van der Waals surface area contributed by atoms with Crippen molar-refractivity contribution in [3.05, 3.63) is 27.7 Å². The van der Waals surface area contributed by atoms with Gasteiger partial charge in [0.05, 0.1) is 10.7 Å². The lowest BCUT2D eigenvalue weighted by molar-refractivity contribution is 0.506. The summed E-state index contributed by atoms with van der Waals surface area (Å²) in [5.74, 6) is 0. The van der Waals surface area contributed by atoms with Gasteiger partial charge in [-0.1, -0.05) is 27.5 Å². The van der Waals surface area contributed by atoms with Crippen LogP contribution in [0.25, 0.3) is 0 Å². The molecule has 1 aromatic rings. The van der Waals surface area contributed by atoms with Gasteiger partial charge >= 0.3 is 0 Å². The summed E-state index contributed by atoms with van der Waals surface area (Å²) < 4.78 is 1.01. The smallest absolute Gasteiger partial charge is 0.0650 e. The minimum absolute atomic E-state index is 0.276. The molecule has 0 radical (unpaired) electrons. The summed E-state index contributed by atoms with van der Waals surface area (Å²) in [6.45, 7) is 1.95. The number of nitrogens with zero attached hydrogens (tertiary/aromatic N) is 1. The Morgan fingerprint density at radius 1 is 1.47 bits per heavy atom. The Morgan fingerprint density at radius 2 is 2.27 bits per heavy atom. The summed E-state index contributed by atoms with van der Waals surface area (Å²) in [5.41, 5.74) is 7.04. The van der Waals surface area contributed by atoms with Gasteiger partial charge in [0.2, 0.25) is 0 Å². The van der Waals surface area contributed by atoms with E-state index in [1.165, 1.54) is 0 Å². The molecule has 2 rings (SSSR count). The van der Waals surface area contributed by atoms with Crippen LogP contribution in [0.2, 0.25) is 5.02 Å². The predicted octanol–water partition coefficient (Wildman–Crippen LogP) is 3.03. The fraction of sp³-hybridized carbons (Fsp3) is 0.455. The third kappa shape index (κ3) is 2.65. The summed E-state index contributed by atoms with van der Waals surface area (Å²) in [6.07, 6.45) is 2.26. The molecule has 1 atom stereocenters. The van der Waals surface area contributed by atoms with E-state index in [4.69, 9.17) is 17.3 Å². The molecule has 0 spiro atoms. The van der Waals surface area contributed by atoms with Gasteiger partial charge in [-0.15, -0.1) is 0 Å². The van der Waals surface area contributed by atoms with Crippen LogP contribution in [0.3, 0.4) is 0 Å². The summed E-state index contributed by atoms with van der Waals surface area (Å²) in [7, 11) is 0. The van der Waals surface area contributed by atoms with Crippen LogP contribution in [0.5, 0.6) is 0 Å². The number of anilines is 1. The average molecular weight is 290 g/mol. The minimum atomic E-state index is 0.276. The second-order valence-electron chi connectivity index (χ2n) is 3.94. The van der Waals surface area contributed by atoms with Crippen LogP contribution in [-0.2, 0) is 0 Å². The molecule has 1 saturated heterocycles. The SMILES string of the molecule is NC1CCCN(c2ccc(Br)cc2Cl)C1. The molecule has 15 heavy (non-hydrogen) atoms. The maximum Gasteiger partial charge on any atom is 0.0650 e. The lowest BCUT2D eigenvalue weighted by Gasteiger charge is -2.33. The highest BCUT2D eigenvalue weighted by Crippen LogP contribution is 2.30. The molecule has 2 N–H and O–H groups in total. The first-order valence-electron chi connectivity index (χ1n) is 5.12. The van der Waals surface area contributed by atoms with E-state index in [0.29, 0.717) is 0 Å². The Morgan fingerprint density at radius 3 is 2.93 bits per heavy atom. The third-order valence-electron chi connectivity index (χ3n) is 2.71. The molecule has 1 fully saturated rings. The second-order valence-corrected chi connectivity index (χ2v) is 5.27. The van der Waals surface area contributed by atoms with E-state index < -0.39 is 0 Å². The molecule has 1 heterocycles. The molecule has 4 heteroatoms. The fourth-order valence-corrected chi connectivity index (χ4v) is 2.76. The monoisotopic (exact) mass is 288 g/mol. The van der Waals surface area contributed by atoms with Crippen molar-refractivity contribution in [2.24, 2.45) is 5.73 Å². The topological polar surface area (TPSA) is 29.3 Å². The molecule has 0 saturated carbocycles. The lowest BCUT2D eigenvalue weighted by atomic mass is 10.1. The van der Waals surface area contributed by atoms with Crippen molar-refractivity contribution in [1.29, 1.82) is 0 Å². The van der Waals surface area contributed by atoms with Crippen molar-refractivity contribution in [3.63, 3.8) is 0 Å². The van der Waals surface area contributed by atoms with Crippen molar-refractivity contribution < 1.29 is 0 Å². The van der Waals surface area contributed by atoms with Crippen LogP contribution < -0.4 is 10.6 Å². The van der Waals surface area contributed by atoms with Crippen LogP contribution in [0.1, 0.15) is 12.8 Å². The van der Waals surface area contributed by atoms with Crippen molar-refractivity contribution in [3.8, 4) is 0 Å². The fourth-order valence-electron chi connectivity index (χ4n) is 1.97. The largest absolute Gasteiger partial charge is 0.369 e. The van der Waals surface area contributed by atoms with Gasteiger partial charge in [0.1, 0.15) is 0 Å². The first-order valence-corrected chi connectivity index (χ1v) is 6.29. The maximum atomic E-state index is 6.20. The summed E-state index contributed by atoms with van der Waals surface area (Å²) >= 11 is 9.60. The molecule has 82 valence electrons. The second kappa shape index (κ2) is 4.73. The van der Waals surface area contributed by atoms with Crippen LogP contribution in [-0.4, -0.2) is 19.1 Å². The van der Waals surface area contributed by atoms with Gasteiger partial charge in [-0.3, -0.25) is 0 Å². The molecular weight excluding hydrogens is 275 g/mol. The van der Waals surface area contributed by atoms with E-state index in [9.17, 15) is 0 Å². The van der Waals surface area contributed by atoms with E-state index in [2.05, 4.69) is 20.8 Å². The molecule has 0 amide bonds. The Bertz CT molecular complexity index is 356. The van der Waals surface area contributed by atoms with Crippen LogP contribution in [0, 0.1) is 0 Å². The van der Waals surface area contributed by atoms with Gasteiger partial charge in [0, 0.05) is 23.6 Å². The van der Waals surface area contributed by atoms with Crippen LogP contribution >= 0.6 is 27.5 Å². The number of nitrogens with two attached hydrogens (primary N) is 1. The van der Waals surface area contributed by atoms with E-state index in [0.717, 1.165) is 41.1 Å². The minimum Gasteiger partial charge on any atom is -0.369 e. The van der Waals surface area contributed by atoms with Crippen molar-refractivity contribution >= 4 is 33.2 Å². The number of halogens is 2. The molecule has 1 aromatic carbocycles. The number of rotatable bonds is 1. The lowest BCUT2D eigenvalue weighted by Crippen LogP contribution is -2.42. The Kier molecular flexibility index (Phi) is 3.54. The van der Waals surface area contributed by atoms with Crippen molar-refractivity contribution in [1.82, 2.24) is 0 Å². The highest BCUT2D eigenvalue weighted by atomic mass is 79.9. The number of hydrogen-bond donors (Lipinski definition) is 1. The molecule has 0 aliphatic carbocycles. The number of piperidine rings is 1. The van der Waals surface area contributed by atoms with E-state index >= 15 is 0 Å². The first-order chi connectivity index (χ1) is 7.16. The molecule has 1 aliphatic heterocycles. The zero-order valence-electron chi connectivity index (χ0n) is 8.42. The first kappa shape index (κ1) is 11.2. The summed E-state index contributed by atoms with van der Waals surface area (Å²) in [6, 6.07) is 6.27. The zero-order valence-corrected chi connectivity index (χ0v) is 10.8. The molecular formula is C11H14BrClN2. The molecule has 0 bridgehead atoms. The number of hydrogen-bond acceptors (Lipinski definition) is 2. The Labute approximate surface area is 104 Å². The zero-order chi connectivity index (χ0) is 10.8. The summed E-state index contributed by atoms with van der Waals surface area (Å²) in [5, 5.41) is 0.790. The van der Waals surface area contributed by atoms with Crippen LogP contribution in [0.4, 0.5) is 5.69 Å².